The van der Waals surface area contributed by atoms with E-state index in [0.29, 0.717) is 23.8 Å². The molecule has 1 aromatic carbocycles. The van der Waals surface area contributed by atoms with Gasteiger partial charge in [-0.3, -0.25) is 4.79 Å². The maximum atomic E-state index is 11.4. The van der Waals surface area contributed by atoms with Crippen molar-refractivity contribution >= 4 is 37.6 Å². The number of Topliss-reactive ketones (excluding diaryl/α,β-unsaturated/α-hetero) is 1. The van der Waals surface area contributed by atoms with E-state index in [-0.39, 0.29) is 5.78 Å². The van der Waals surface area contributed by atoms with Gasteiger partial charge in [0, 0.05) is 9.80 Å². The molecule has 2 nitrogen and oxygen atoms in total. The van der Waals surface area contributed by atoms with Gasteiger partial charge in [-0.1, -0.05) is 38.8 Å². The smallest absolute Gasteiger partial charge is 0.163 e. The molecule has 0 aliphatic heterocycles. The van der Waals surface area contributed by atoms with E-state index in [1.54, 1.807) is 13.0 Å². The molecular formula is C12H14Br2O2. The molecule has 0 heterocycles. The van der Waals surface area contributed by atoms with Crippen LogP contribution in [-0.2, 0) is 0 Å². The molecule has 88 valence electrons. The molecule has 0 aromatic heterocycles. The average molecular weight is 350 g/mol. The molecule has 0 saturated carbocycles. The molecule has 0 aliphatic rings. The average Bonchev–Trinajstić information content (AvgIpc) is 2.26. The Bertz CT molecular complexity index is 377. The van der Waals surface area contributed by atoms with Crippen molar-refractivity contribution in [3.63, 3.8) is 0 Å². The highest BCUT2D eigenvalue weighted by atomic mass is 79.9. The summed E-state index contributed by atoms with van der Waals surface area (Å²) < 4.78 is 6.52. The van der Waals surface area contributed by atoms with Gasteiger partial charge in [-0.2, -0.15) is 0 Å². The third-order valence-corrected chi connectivity index (χ3v) is 3.71. The van der Waals surface area contributed by atoms with Crippen LogP contribution in [0.1, 0.15) is 24.2 Å². The number of carbonyl (C=O) groups excluding carboxylic acids is 1. The topological polar surface area (TPSA) is 26.3 Å². The minimum atomic E-state index is 0.0165. The normalized spacial score (nSPS) is 12.2. The van der Waals surface area contributed by atoms with Crippen LogP contribution in [0.4, 0.5) is 0 Å². The molecule has 0 aliphatic carbocycles. The number of alkyl halides is 1. The third-order valence-electron chi connectivity index (χ3n) is 2.11. The second-order valence-electron chi connectivity index (χ2n) is 3.77. The molecule has 1 aromatic rings. The summed E-state index contributed by atoms with van der Waals surface area (Å²) in [6.45, 7) is 4.23. The minimum absolute atomic E-state index is 0.0165. The summed E-state index contributed by atoms with van der Waals surface area (Å²) in [6, 6.07) is 5.48. The van der Waals surface area contributed by atoms with Crippen molar-refractivity contribution in [2.75, 3.05) is 11.9 Å². The van der Waals surface area contributed by atoms with Crippen molar-refractivity contribution in [3.8, 4) is 5.75 Å². The Labute approximate surface area is 113 Å². The first-order valence-corrected chi connectivity index (χ1v) is 6.95. The summed E-state index contributed by atoms with van der Waals surface area (Å²) in [5.74, 6) is 1.09. The van der Waals surface area contributed by atoms with Crippen LogP contribution in [0.25, 0.3) is 0 Å². The number of hydrogen-bond donors (Lipinski definition) is 0. The number of ether oxygens (including phenoxy) is 1. The Morgan fingerprint density at radius 2 is 2.19 bits per heavy atom. The van der Waals surface area contributed by atoms with Crippen LogP contribution >= 0.6 is 31.9 Å². The highest BCUT2D eigenvalue weighted by molar-refractivity contribution is 9.10. The van der Waals surface area contributed by atoms with E-state index in [1.807, 2.05) is 12.1 Å². The summed E-state index contributed by atoms with van der Waals surface area (Å²) in [5.41, 5.74) is 0.621. The summed E-state index contributed by atoms with van der Waals surface area (Å²) in [7, 11) is 0. The van der Waals surface area contributed by atoms with Crippen molar-refractivity contribution < 1.29 is 9.53 Å². The molecule has 0 radical (unpaired) electrons. The summed E-state index contributed by atoms with van der Waals surface area (Å²) in [4.78, 5) is 11.4. The van der Waals surface area contributed by atoms with Crippen LogP contribution in [0.15, 0.2) is 22.7 Å². The monoisotopic (exact) mass is 348 g/mol. The van der Waals surface area contributed by atoms with E-state index in [4.69, 9.17) is 4.74 Å². The van der Waals surface area contributed by atoms with Crippen LogP contribution < -0.4 is 4.74 Å². The van der Waals surface area contributed by atoms with Crippen molar-refractivity contribution in [2.45, 2.75) is 13.8 Å². The number of ketones is 1. The first-order valence-electron chi connectivity index (χ1n) is 5.04. The quantitative estimate of drug-likeness (QED) is 0.591. The molecule has 0 saturated heterocycles. The van der Waals surface area contributed by atoms with Crippen LogP contribution in [0.5, 0.6) is 5.75 Å². The van der Waals surface area contributed by atoms with E-state index in [9.17, 15) is 4.79 Å². The maximum absolute atomic E-state index is 11.4. The Balaban J connectivity index is 2.82. The van der Waals surface area contributed by atoms with Gasteiger partial charge < -0.3 is 4.74 Å². The molecule has 1 atom stereocenters. The van der Waals surface area contributed by atoms with Gasteiger partial charge in [0.1, 0.15) is 5.75 Å². The van der Waals surface area contributed by atoms with Crippen LogP contribution in [-0.4, -0.2) is 17.7 Å². The number of hydrogen-bond acceptors (Lipinski definition) is 2. The largest absolute Gasteiger partial charge is 0.493 e. The van der Waals surface area contributed by atoms with E-state index in [1.165, 1.54) is 0 Å². The van der Waals surface area contributed by atoms with Gasteiger partial charge in [0.15, 0.2) is 5.78 Å². The maximum Gasteiger partial charge on any atom is 0.163 e. The van der Waals surface area contributed by atoms with Gasteiger partial charge in [-0.05, 0) is 31.0 Å². The van der Waals surface area contributed by atoms with E-state index in [2.05, 4.69) is 38.8 Å². The third kappa shape index (κ3) is 3.91. The molecule has 0 spiro atoms. The predicted molar refractivity (Wildman–Crippen MR) is 72.6 cm³/mol. The van der Waals surface area contributed by atoms with Crippen LogP contribution in [0, 0.1) is 5.92 Å². The molecule has 1 unspecified atom stereocenters. The van der Waals surface area contributed by atoms with Crippen LogP contribution in [0.2, 0.25) is 0 Å². The van der Waals surface area contributed by atoms with Crippen molar-refractivity contribution in [1.82, 2.24) is 0 Å². The standard InChI is InChI=1S/C12H14Br2O2/c1-8(6-13)7-16-12-4-3-10(14)5-11(12)9(2)15/h3-5,8H,6-7H2,1-2H3. The fraction of sp³-hybridized carbons (Fsp3) is 0.417. The second-order valence-corrected chi connectivity index (χ2v) is 5.33. The highest BCUT2D eigenvalue weighted by Gasteiger charge is 2.10. The summed E-state index contributed by atoms with van der Waals surface area (Å²) >= 11 is 6.74. The lowest BCUT2D eigenvalue weighted by atomic mass is 10.1. The Morgan fingerprint density at radius 1 is 1.50 bits per heavy atom. The Kier molecular flexibility index (Phi) is 5.49. The van der Waals surface area contributed by atoms with Gasteiger partial charge in [-0.15, -0.1) is 0 Å². The fourth-order valence-electron chi connectivity index (χ4n) is 1.18. The Morgan fingerprint density at radius 3 is 2.75 bits per heavy atom. The summed E-state index contributed by atoms with van der Waals surface area (Å²) in [6.07, 6.45) is 0. The fourth-order valence-corrected chi connectivity index (χ4v) is 1.73. The van der Waals surface area contributed by atoms with Gasteiger partial charge in [-0.25, -0.2) is 0 Å². The van der Waals surface area contributed by atoms with Gasteiger partial charge in [0.05, 0.1) is 12.2 Å². The molecule has 0 fully saturated rings. The van der Waals surface area contributed by atoms with Crippen molar-refractivity contribution in [2.24, 2.45) is 5.92 Å². The number of halogens is 2. The van der Waals surface area contributed by atoms with Gasteiger partial charge in [0.25, 0.3) is 0 Å². The predicted octanol–water partition coefficient (Wildman–Crippen LogP) is 4.06. The Hall–Kier alpha value is -0.350. The van der Waals surface area contributed by atoms with Gasteiger partial charge in [0.2, 0.25) is 0 Å². The first-order chi connectivity index (χ1) is 7.54. The SMILES string of the molecule is CC(=O)c1cc(Br)ccc1OCC(C)CBr. The number of rotatable bonds is 5. The molecule has 0 N–H and O–H groups in total. The zero-order valence-corrected chi connectivity index (χ0v) is 12.5. The highest BCUT2D eigenvalue weighted by Crippen LogP contribution is 2.24. The van der Waals surface area contributed by atoms with E-state index in [0.717, 1.165) is 9.80 Å². The molecule has 1 rings (SSSR count). The molecule has 0 bridgehead atoms. The number of carbonyl (C=O) groups is 1. The van der Waals surface area contributed by atoms with Crippen molar-refractivity contribution in [3.05, 3.63) is 28.2 Å². The lowest BCUT2D eigenvalue weighted by Gasteiger charge is -2.13. The zero-order chi connectivity index (χ0) is 12.1. The molecule has 16 heavy (non-hydrogen) atoms. The van der Waals surface area contributed by atoms with Crippen molar-refractivity contribution in [1.29, 1.82) is 0 Å². The lowest BCUT2D eigenvalue weighted by Crippen LogP contribution is -2.11. The zero-order valence-electron chi connectivity index (χ0n) is 9.30. The molecule has 0 amide bonds. The molecular weight excluding hydrogens is 336 g/mol. The van der Waals surface area contributed by atoms with E-state index < -0.39 is 0 Å². The molecule has 4 heteroatoms. The van der Waals surface area contributed by atoms with E-state index >= 15 is 0 Å². The summed E-state index contributed by atoms with van der Waals surface area (Å²) in [5, 5.41) is 0.888. The van der Waals surface area contributed by atoms with Crippen LogP contribution in [0.3, 0.4) is 0 Å². The first kappa shape index (κ1) is 13.7. The number of benzene rings is 1. The minimum Gasteiger partial charge on any atom is -0.493 e. The van der Waals surface area contributed by atoms with Gasteiger partial charge >= 0.3 is 0 Å². The second kappa shape index (κ2) is 6.40. The lowest BCUT2D eigenvalue weighted by molar-refractivity contribution is 0.101.